The molecule has 1 rings (SSSR count). The molecule has 19 heavy (non-hydrogen) atoms. The first-order valence-electron chi connectivity index (χ1n) is 6.65. The van der Waals surface area contributed by atoms with Crippen molar-refractivity contribution in [2.75, 3.05) is 6.54 Å². The molecule has 0 saturated heterocycles. The molecule has 0 aliphatic rings. The molecular weight excluding hydrogens is 260 g/mol. The van der Waals surface area contributed by atoms with Crippen molar-refractivity contribution < 1.29 is 4.79 Å². The number of halogens is 1. The minimum atomic E-state index is -0.128. The summed E-state index contributed by atoms with van der Waals surface area (Å²) < 4.78 is 0. The van der Waals surface area contributed by atoms with E-state index in [1.54, 1.807) is 0 Å². The molecule has 0 spiro atoms. The van der Waals surface area contributed by atoms with Gasteiger partial charge < -0.3 is 10.6 Å². The lowest BCUT2D eigenvalue weighted by molar-refractivity contribution is 0.235. The Morgan fingerprint density at radius 1 is 1.32 bits per heavy atom. The van der Waals surface area contributed by atoms with E-state index in [4.69, 9.17) is 11.6 Å². The molecule has 0 fully saturated rings. The Hall–Kier alpha value is -1.22. The fourth-order valence-electron chi connectivity index (χ4n) is 1.68. The molecule has 2 amide bonds. The predicted octanol–water partition coefficient (Wildman–Crippen LogP) is 3.72. The molecule has 3 nitrogen and oxygen atoms in total. The maximum atomic E-state index is 11.7. The topological polar surface area (TPSA) is 41.1 Å². The Morgan fingerprint density at radius 2 is 1.89 bits per heavy atom. The molecule has 1 aromatic carbocycles. The number of hydrogen-bond acceptors (Lipinski definition) is 1. The summed E-state index contributed by atoms with van der Waals surface area (Å²) in [5, 5.41) is 6.53. The molecule has 2 N–H and O–H groups in total. The van der Waals surface area contributed by atoms with Crippen LogP contribution in [-0.2, 0) is 5.41 Å². The SMILES string of the molecule is CCC(C)NC(=O)NCC(C)(C)c1ccc(Cl)cc1. The van der Waals surface area contributed by atoms with Gasteiger partial charge in [-0.05, 0) is 31.0 Å². The fourth-order valence-corrected chi connectivity index (χ4v) is 1.81. The number of nitrogens with one attached hydrogen (secondary N) is 2. The van der Waals surface area contributed by atoms with Crippen molar-refractivity contribution in [1.29, 1.82) is 0 Å². The Morgan fingerprint density at radius 3 is 2.42 bits per heavy atom. The first kappa shape index (κ1) is 15.8. The summed E-state index contributed by atoms with van der Waals surface area (Å²) in [7, 11) is 0. The van der Waals surface area contributed by atoms with Crippen molar-refractivity contribution >= 4 is 17.6 Å². The van der Waals surface area contributed by atoms with Crippen LogP contribution in [0, 0.1) is 0 Å². The number of hydrogen-bond donors (Lipinski definition) is 2. The molecule has 4 heteroatoms. The summed E-state index contributed by atoms with van der Waals surface area (Å²) >= 11 is 5.88. The highest BCUT2D eigenvalue weighted by molar-refractivity contribution is 6.30. The van der Waals surface area contributed by atoms with Crippen LogP contribution in [0.4, 0.5) is 4.79 Å². The number of urea groups is 1. The summed E-state index contributed by atoms with van der Waals surface area (Å²) in [6.45, 7) is 8.81. The quantitative estimate of drug-likeness (QED) is 0.849. The largest absolute Gasteiger partial charge is 0.337 e. The summed E-state index contributed by atoms with van der Waals surface area (Å²) in [5.41, 5.74) is 1.03. The second kappa shape index (κ2) is 6.80. The van der Waals surface area contributed by atoms with E-state index in [0.717, 1.165) is 17.0 Å². The van der Waals surface area contributed by atoms with Crippen LogP contribution in [0.1, 0.15) is 39.7 Å². The molecule has 1 aromatic rings. The highest BCUT2D eigenvalue weighted by Gasteiger charge is 2.21. The minimum absolute atomic E-state index is 0.114. The lowest BCUT2D eigenvalue weighted by Gasteiger charge is -2.26. The zero-order valence-corrected chi connectivity index (χ0v) is 12.8. The molecule has 0 aliphatic carbocycles. The van der Waals surface area contributed by atoms with Gasteiger partial charge in [-0.3, -0.25) is 0 Å². The van der Waals surface area contributed by atoms with Crippen LogP contribution in [0.25, 0.3) is 0 Å². The molecule has 0 bridgehead atoms. The van der Waals surface area contributed by atoms with Crippen molar-refractivity contribution in [2.45, 2.75) is 45.6 Å². The first-order valence-corrected chi connectivity index (χ1v) is 7.03. The van der Waals surface area contributed by atoms with E-state index < -0.39 is 0 Å². The lowest BCUT2D eigenvalue weighted by Crippen LogP contribution is -2.45. The third kappa shape index (κ3) is 5.11. The molecule has 0 heterocycles. The van der Waals surface area contributed by atoms with Gasteiger partial charge in [-0.15, -0.1) is 0 Å². The number of carbonyl (C=O) groups excluding carboxylic acids is 1. The predicted molar refractivity (Wildman–Crippen MR) is 80.8 cm³/mol. The summed E-state index contributed by atoms with van der Waals surface area (Å²) in [6.07, 6.45) is 0.925. The number of carbonyl (C=O) groups is 1. The van der Waals surface area contributed by atoms with Crippen LogP contribution in [0.2, 0.25) is 5.02 Å². The van der Waals surface area contributed by atoms with Crippen molar-refractivity contribution in [2.24, 2.45) is 0 Å². The highest BCUT2D eigenvalue weighted by Crippen LogP contribution is 2.23. The van der Waals surface area contributed by atoms with E-state index in [-0.39, 0.29) is 17.5 Å². The van der Waals surface area contributed by atoms with Crippen molar-refractivity contribution in [3.63, 3.8) is 0 Å². The Labute approximate surface area is 120 Å². The van der Waals surface area contributed by atoms with Crippen LogP contribution in [0.3, 0.4) is 0 Å². The number of amides is 2. The molecule has 106 valence electrons. The van der Waals surface area contributed by atoms with Crippen molar-refractivity contribution in [3.8, 4) is 0 Å². The van der Waals surface area contributed by atoms with Crippen LogP contribution < -0.4 is 10.6 Å². The van der Waals surface area contributed by atoms with Gasteiger partial charge in [0.25, 0.3) is 0 Å². The van der Waals surface area contributed by atoms with Gasteiger partial charge in [0.1, 0.15) is 0 Å². The van der Waals surface area contributed by atoms with Crippen LogP contribution in [-0.4, -0.2) is 18.6 Å². The van der Waals surface area contributed by atoms with E-state index in [9.17, 15) is 4.79 Å². The van der Waals surface area contributed by atoms with Crippen LogP contribution in [0.15, 0.2) is 24.3 Å². The summed E-state index contributed by atoms with van der Waals surface area (Å²) in [6, 6.07) is 7.82. The second-order valence-corrected chi connectivity index (χ2v) is 5.96. The molecule has 0 radical (unpaired) electrons. The monoisotopic (exact) mass is 282 g/mol. The Balaban J connectivity index is 2.55. The van der Waals surface area contributed by atoms with Crippen LogP contribution >= 0.6 is 11.6 Å². The zero-order valence-electron chi connectivity index (χ0n) is 12.1. The average Bonchev–Trinajstić information content (AvgIpc) is 2.37. The van der Waals surface area contributed by atoms with Gasteiger partial charge in [-0.25, -0.2) is 4.79 Å². The van der Waals surface area contributed by atoms with Crippen LogP contribution in [0.5, 0.6) is 0 Å². The molecule has 0 aromatic heterocycles. The zero-order chi connectivity index (χ0) is 14.5. The van der Waals surface area contributed by atoms with Gasteiger partial charge in [-0.2, -0.15) is 0 Å². The fraction of sp³-hybridized carbons (Fsp3) is 0.533. The third-order valence-electron chi connectivity index (χ3n) is 3.31. The van der Waals surface area contributed by atoms with Gasteiger partial charge >= 0.3 is 6.03 Å². The maximum Gasteiger partial charge on any atom is 0.315 e. The molecular formula is C15H23ClN2O. The average molecular weight is 283 g/mol. The normalized spacial score (nSPS) is 12.9. The van der Waals surface area contributed by atoms with Gasteiger partial charge in [0.15, 0.2) is 0 Å². The third-order valence-corrected chi connectivity index (χ3v) is 3.56. The van der Waals surface area contributed by atoms with E-state index in [1.807, 2.05) is 38.1 Å². The van der Waals surface area contributed by atoms with E-state index in [1.165, 1.54) is 0 Å². The molecule has 1 unspecified atom stereocenters. The maximum absolute atomic E-state index is 11.7. The van der Waals surface area contributed by atoms with Gasteiger partial charge in [0, 0.05) is 23.0 Å². The van der Waals surface area contributed by atoms with Gasteiger partial charge in [0.2, 0.25) is 0 Å². The van der Waals surface area contributed by atoms with E-state index in [2.05, 4.69) is 24.5 Å². The lowest BCUT2D eigenvalue weighted by atomic mass is 9.85. The molecule has 0 aliphatic heterocycles. The van der Waals surface area contributed by atoms with Crippen molar-refractivity contribution in [1.82, 2.24) is 10.6 Å². The smallest absolute Gasteiger partial charge is 0.315 e. The van der Waals surface area contributed by atoms with Crippen molar-refractivity contribution in [3.05, 3.63) is 34.9 Å². The Bertz CT molecular complexity index is 415. The Kier molecular flexibility index (Phi) is 5.67. The van der Waals surface area contributed by atoms with E-state index >= 15 is 0 Å². The summed E-state index contributed by atoms with van der Waals surface area (Å²) in [4.78, 5) is 11.7. The number of rotatable bonds is 5. The minimum Gasteiger partial charge on any atom is -0.337 e. The van der Waals surface area contributed by atoms with Gasteiger partial charge in [-0.1, -0.05) is 44.5 Å². The van der Waals surface area contributed by atoms with E-state index in [0.29, 0.717) is 6.54 Å². The highest BCUT2D eigenvalue weighted by atomic mass is 35.5. The standard InChI is InChI=1S/C15H23ClN2O/c1-5-11(2)18-14(19)17-10-15(3,4)12-6-8-13(16)9-7-12/h6-9,11H,5,10H2,1-4H3,(H2,17,18,19). The number of benzene rings is 1. The summed E-state index contributed by atoms with van der Waals surface area (Å²) in [5.74, 6) is 0. The molecule has 1 atom stereocenters. The molecule has 0 saturated carbocycles. The van der Waals surface area contributed by atoms with Gasteiger partial charge in [0.05, 0.1) is 0 Å². The first-order chi connectivity index (χ1) is 8.85. The second-order valence-electron chi connectivity index (χ2n) is 5.53.